The van der Waals surface area contributed by atoms with E-state index in [9.17, 15) is 9.59 Å². The van der Waals surface area contributed by atoms with Crippen LogP contribution in [0, 0.1) is 0 Å². The summed E-state index contributed by atoms with van der Waals surface area (Å²) in [5.74, 6) is -1.72. The third-order valence-electron chi connectivity index (χ3n) is 3.19. The maximum Gasteiger partial charge on any atom is 0.325 e. The molecule has 0 bridgehead atoms. The van der Waals surface area contributed by atoms with Gasteiger partial charge in [0.2, 0.25) is 5.91 Å². The number of aliphatic carboxylic acids is 1. The Kier molecular flexibility index (Phi) is 4.07. The van der Waals surface area contributed by atoms with Crippen molar-refractivity contribution in [2.75, 3.05) is 6.54 Å². The van der Waals surface area contributed by atoms with Crippen molar-refractivity contribution in [2.45, 2.75) is 25.4 Å². The molecule has 1 amide bonds. The summed E-state index contributed by atoms with van der Waals surface area (Å²) < 4.78 is 0. The summed E-state index contributed by atoms with van der Waals surface area (Å²) in [7, 11) is 0. The van der Waals surface area contributed by atoms with Crippen molar-refractivity contribution in [1.29, 1.82) is 0 Å². The summed E-state index contributed by atoms with van der Waals surface area (Å²) >= 11 is 5.92. The number of carboxylic acid groups (broad SMARTS) is 1. The molecule has 3 N–H and O–H groups in total. The smallest absolute Gasteiger partial charge is 0.325 e. The van der Waals surface area contributed by atoms with Gasteiger partial charge in [0.25, 0.3) is 0 Å². The number of carbonyl (C=O) groups is 2. The third-order valence-corrected chi connectivity index (χ3v) is 3.43. The SMILES string of the molecule is CC(NC(=O)C1CNCc2cc(Cl)ccc21)C(=O)O. The summed E-state index contributed by atoms with van der Waals surface area (Å²) in [4.78, 5) is 22.9. The van der Waals surface area contributed by atoms with E-state index in [2.05, 4.69) is 10.6 Å². The Balaban J connectivity index is 2.19. The topological polar surface area (TPSA) is 78.4 Å². The predicted molar refractivity (Wildman–Crippen MR) is 71.1 cm³/mol. The number of carboxylic acids is 1. The van der Waals surface area contributed by atoms with Gasteiger partial charge in [0.05, 0.1) is 5.92 Å². The minimum Gasteiger partial charge on any atom is -0.480 e. The quantitative estimate of drug-likeness (QED) is 0.776. The number of carbonyl (C=O) groups excluding carboxylic acids is 1. The van der Waals surface area contributed by atoms with Crippen LogP contribution in [0.5, 0.6) is 0 Å². The van der Waals surface area contributed by atoms with Gasteiger partial charge in [-0.1, -0.05) is 17.7 Å². The molecule has 2 unspecified atom stereocenters. The number of amides is 1. The van der Waals surface area contributed by atoms with Crippen LogP contribution in [-0.4, -0.2) is 29.6 Å². The first-order valence-corrected chi connectivity index (χ1v) is 6.39. The maximum absolute atomic E-state index is 12.1. The Morgan fingerprint density at radius 3 is 2.95 bits per heavy atom. The van der Waals surface area contributed by atoms with Crippen LogP contribution in [0.3, 0.4) is 0 Å². The molecule has 0 fully saturated rings. The molecule has 0 saturated heterocycles. The van der Waals surface area contributed by atoms with E-state index in [1.165, 1.54) is 6.92 Å². The van der Waals surface area contributed by atoms with Gasteiger partial charge in [-0.05, 0) is 30.2 Å². The maximum atomic E-state index is 12.1. The van der Waals surface area contributed by atoms with Crippen LogP contribution >= 0.6 is 11.6 Å². The van der Waals surface area contributed by atoms with Crippen molar-refractivity contribution in [2.24, 2.45) is 0 Å². The zero-order chi connectivity index (χ0) is 14.0. The second kappa shape index (κ2) is 5.59. The molecule has 0 spiro atoms. The molecular formula is C13H15ClN2O3. The van der Waals surface area contributed by atoms with Crippen LogP contribution in [0.2, 0.25) is 5.02 Å². The molecule has 0 saturated carbocycles. The van der Waals surface area contributed by atoms with Gasteiger partial charge in [0.1, 0.15) is 6.04 Å². The van der Waals surface area contributed by atoms with Crippen LogP contribution in [-0.2, 0) is 16.1 Å². The van der Waals surface area contributed by atoms with E-state index in [0.717, 1.165) is 11.1 Å². The lowest BCUT2D eigenvalue weighted by molar-refractivity contribution is -0.141. The van der Waals surface area contributed by atoms with Crippen molar-refractivity contribution in [3.8, 4) is 0 Å². The van der Waals surface area contributed by atoms with E-state index < -0.39 is 12.0 Å². The normalized spacial score (nSPS) is 19.4. The molecule has 0 aliphatic carbocycles. The second-order valence-corrected chi connectivity index (χ2v) is 5.03. The van der Waals surface area contributed by atoms with Gasteiger partial charge in [0.15, 0.2) is 0 Å². The number of fused-ring (bicyclic) bond motifs is 1. The molecule has 1 heterocycles. The number of rotatable bonds is 3. The molecule has 19 heavy (non-hydrogen) atoms. The van der Waals surface area contributed by atoms with Crippen LogP contribution in [0.1, 0.15) is 24.0 Å². The summed E-state index contributed by atoms with van der Waals surface area (Å²) in [6.07, 6.45) is 0. The molecule has 1 aromatic carbocycles. The van der Waals surface area contributed by atoms with Crippen molar-refractivity contribution in [1.82, 2.24) is 10.6 Å². The minimum absolute atomic E-state index is 0.286. The second-order valence-electron chi connectivity index (χ2n) is 4.60. The fraction of sp³-hybridized carbons (Fsp3) is 0.385. The predicted octanol–water partition coefficient (Wildman–Crippen LogP) is 1.12. The highest BCUT2D eigenvalue weighted by Crippen LogP contribution is 2.26. The first-order chi connectivity index (χ1) is 8.99. The Labute approximate surface area is 116 Å². The van der Waals surface area contributed by atoms with Crippen molar-refractivity contribution in [3.05, 3.63) is 34.3 Å². The first-order valence-electron chi connectivity index (χ1n) is 6.01. The Morgan fingerprint density at radius 2 is 2.26 bits per heavy atom. The average Bonchev–Trinajstić information content (AvgIpc) is 2.37. The lowest BCUT2D eigenvalue weighted by Crippen LogP contribution is -2.44. The van der Waals surface area contributed by atoms with Gasteiger partial charge in [0, 0.05) is 18.1 Å². The van der Waals surface area contributed by atoms with Gasteiger partial charge >= 0.3 is 5.97 Å². The standard InChI is InChI=1S/C13H15ClN2O3/c1-7(13(18)19)16-12(17)11-6-15-5-8-4-9(14)2-3-10(8)11/h2-4,7,11,15H,5-6H2,1H3,(H,16,17)(H,18,19). The fourth-order valence-electron chi connectivity index (χ4n) is 2.14. The summed E-state index contributed by atoms with van der Waals surface area (Å²) in [5, 5.41) is 15.1. The zero-order valence-electron chi connectivity index (χ0n) is 10.4. The molecule has 6 heteroatoms. The summed E-state index contributed by atoms with van der Waals surface area (Å²) in [6.45, 7) is 2.60. The van der Waals surface area contributed by atoms with Crippen molar-refractivity contribution >= 4 is 23.5 Å². The van der Waals surface area contributed by atoms with Crippen LogP contribution in [0.25, 0.3) is 0 Å². The lowest BCUT2D eigenvalue weighted by atomic mass is 9.90. The van der Waals surface area contributed by atoms with E-state index in [4.69, 9.17) is 16.7 Å². The van der Waals surface area contributed by atoms with Gasteiger partial charge in [-0.3, -0.25) is 9.59 Å². The van der Waals surface area contributed by atoms with E-state index in [0.29, 0.717) is 18.1 Å². The van der Waals surface area contributed by atoms with E-state index >= 15 is 0 Å². The first kappa shape index (κ1) is 13.8. The highest BCUT2D eigenvalue weighted by molar-refractivity contribution is 6.30. The number of nitrogens with one attached hydrogen (secondary N) is 2. The number of hydrogen-bond donors (Lipinski definition) is 3. The zero-order valence-corrected chi connectivity index (χ0v) is 11.2. The van der Waals surface area contributed by atoms with Crippen LogP contribution in [0.4, 0.5) is 0 Å². The molecule has 102 valence electrons. The summed E-state index contributed by atoms with van der Waals surface area (Å²) in [6, 6.07) is 4.50. The van der Waals surface area contributed by atoms with E-state index in [1.807, 2.05) is 12.1 Å². The molecule has 5 nitrogen and oxygen atoms in total. The molecule has 1 aliphatic heterocycles. The van der Waals surface area contributed by atoms with Crippen molar-refractivity contribution in [3.63, 3.8) is 0 Å². The largest absolute Gasteiger partial charge is 0.480 e. The Hall–Kier alpha value is -1.59. The number of halogens is 1. The number of benzene rings is 1. The van der Waals surface area contributed by atoms with E-state index in [-0.39, 0.29) is 11.8 Å². The third kappa shape index (κ3) is 3.05. The molecule has 0 radical (unpaired) electrons. The summed E-state index contributed by atoms with van der Waals surface area (Å²) in [5.41, 5.74) is 1.88. The lowest BCUT2D eigenvalue weighted by Gasteiger charge is -2.26. The van der Waals surface area contributed by atoms with E-state index in [1.54, 1.807) is 6.07 Å². The fourth-order valence-corrected chi connectivity index (χ4v) is 2.33. The molecule has 2 rings (SSSR count). The molecule has 1 aliphatic rings. The monoisotopic (exact) mass is 282 g/mol. The van der Waals surface area contributed by atoms with Gasteiger partial charge in [-0.25, -0.2) is 0 Å². The minimum atomic E-state index is -1.05. The highest BCUT2D eigenvalue weighted by atomic mass is 35.5. The van der Waals surface area contributed by atoms with Gasteiger partial charge in [-0.2, -0.15) is 0 Å². The van der Waals surface area contributed by atoms with Crippen LogP contribution in [0.15, 0.2) is 18.2 Å². The molecule has 1 aromatic rings. The average molecular weight is 283 g/mol. The molecular weight excluding hydrogens is 268 g/mol. The number of hydrogen-bond acceptors (Lipinski definition) is 3. The van der Waals surface area contributed by atoms with Crippen LogP contribution < -0.4 is 10.6 Å². The Morgan fingerprint density at radius 1 is 1.53 bits per heavy atom. The highest BCUT2D eigenvalue weighted by Gasteiger charge is 2.28. The Bertz CT molecular complexity index is 519. The molecule has 2 atom stereocenters. The van der Waals surface area contributed by atoms with Gasteiger partial charge < -0.3 is 15.7 Å². The van der Waals surface area contributed by atoms with Crippen molar-refractivity contribution < 1.29 is 14.7 Å². The molecule has 0 aromatic heterocycles. The van der Waals surface area contributed by atoms with Gasteiger partial charge in [-0.15, -0.1) is 0 Å².